The maximum absolute atomic E-state index is 13.0. The van der Waals surface area contributed by atoms with Gasteiger partial charge in [0.2, 0.25) is 5.91 Å². The van der Waals surface area contributed by atoms with E-state index in [4.69, 9.17) is 0 Å². The van der Waals surface area contributed by atoms with Crippen molar-refractivity contribution in [3.05, 3.63) is 29.8 Å². The molecule has 1 heterocycles. The second-order valence-corrected chi connectivity index (χ2v) is 8.58. The third-order valence-corrected chi connectivity index (χ3v) is 5.98. The highest BCUT2D eigenvalue weighted by molar-refractivity contribution is 5.94. The molecule has 3 rings (SSSR count). The van der Waals surface area contributed by atoms with Crippen molar-refractivity contribution < 1.29 is 4.79 Å². The lowest BCUT2D eigenvalue weighted by molar-refractivity contribution is -0.122. The summed E-state index contributed by atoms with van der Waals surface area (Å²) in [5.41, 5.74) is 2.36. The van der Waals surface area contributed by atoms with E-state index in [0.717, 1.165) is 44.2 Å². The first kappa shape index (κ1) is 19.4. The molecule has 0 spiro atoms. The molecule has 0 aromatic heterocycles. The first-order valence-electron chi connectivity index (χ1n) is 10.4. The summed E-state index contributed by atoms with van der Waals surface area (Å²) in [5, 5.41) is 3.18. The highest BCUT2D eigenvalue weighted by Gasteiger charge is 2.29. The van der Waals surface area contributed by atoms with Gasteiger partial charge in [-0.2, -0.15) is 0 Å². The van der Waals surface area contributed by atoms with Gasteiger partial charge in [0.05, 0.1) is 6.04 Å². The van der Waals surface area contributed by atoms with Crippen LogP contribution in [-0.4, -0.2) is 55.0 Å². The third kappa shape index (κ3) is 5.08. The summed E-state index contributed by atoms with van der Waals surface area (Å²) in [5.74, 6) is 1.38. The van der Waals surface area contributed by atoms with Crippen molar-refractivity contribution in [2.24, 2.45) is 5.92 Å². The smallest absolute Gasteiger partial charge is 0.241 e. The van der Waals surface area contributed by atoms with Crippen LogP contribution in [0, 0.1) is 5.92 Å². The predicted molar refractivity (Wildman–Crippen MR) is 109 cm³/mol. The molecule has 0 unspecified atom stereocenters. The predicted octanol–water partition coefficient (Wildman–Crippen LogP) is 3.94. The summed E-state index contributed by atoms with van der Waals surface area (Å²) >= 11 is 0. The van der Waals surface area contributed by atoms with Crippen LogP contribution in [0.2, 0.25) is 0 Å². The molecule has 1 saturated heterocycles. The van der Waals surface area contributed by atoms with Crippen molar-refractivity contribution in [1.29, 1.82) is 0 Å². The summed E-state index contributed by atoms with van der Waals surface area (Å²) in [6.45, 7) is 8.43. The summed E-state index contributed by atoms with van der Waals surface area (Å²) in [6, 6.07) is 8.56. The average Bonchev–Trinajstić information content (AvgIpc) is 3.15. The second-order valence-electron chi connectivity index (χ2n) is 8.58. The Balaban J connectivity index is 1.62. The lowest BCUT2D eigenvalue weighted by Gasteiger charge is -2.37. The lowest BCUT2D eigenvalue weighted by Crippen LogP contribution is -2.53. The van der Waals surface area contributed by atoms with Gasteiger partial charge in [0, 0.05) is 31.9 Å². The van der Waals surface area contributed by atoms with E-state index in [1.807, 2.05) is 0 Å². The molecule has 2 aliphatic rings. The summed E-state index contributed by atoms with van der Waals surface area (Å²) in [7, 11) is 2.15. The molecule has 1 aliphatic carbocycles. The van der Waals surface area contributed by atoms with Gasteiger partial charge in [-0.15, -0.1) is 0 Å². The van der Waals surface area contributed by atoms with Crippen molar-refractivity contribution in [1.82, 2.24) is 9.80 Å². The first-order valence-corrected chi connectivity index (χ1v) is 10.4. The van der Waals surface area contributed by atoms with Crippen LogP contribution >= 0.6 is 0 Å². The molecule has 1 aliphatic heterocycles. The Morgan fingerprint density at radius 1 is 1.08 bits per heavy atom. The zero-order chi connectivity index (χ0) is 18.5. The molecule has 1 N–H and O–H groups in total. The number of likely N-dealkylation sites (N-methyl/N-ethyl adjacent to an activating group) is 1. The minimum atomic E-state index is -0.0294. The summed E-state index contributed by atoms with van der Waals surface area (Å²) < 4.78 is 0. The molecule has 1 amide bonds. The van der Waals surface area contributed by atoms with Crippen molar-refractivity contribution in [2.45, 2.75) is 57.9 Å². The Kier molecular flexibility index (Phi) is 6.71. The number of nitrogens with zero attached hydrogens (tertiary/aromatic N) is 2. The molecule has 144 valence electrons. The van der Waals surface area contributed by atoms with E-state index < -0.39 is 0 Å². The van der Waals surface area contributed by atoms with Crippen molar-refractivity contribution in [2.75, 3.05) is 38.5 Å². The number of hydrogen-bond acceptors (Lipinski definition) is 3. The number of nitrogens with one attached hydrogen (secondary N) is 1. The second kappa shape index (κ2) is 9.01. The Labute approximate surface area is 158 Å². The van der Waals surface area contributed by atoms with Crippen LogP contribution in [0.25, 0.3) is 0 Å². The number of carbonyl (C=O) groups excluding carboxylic acids is 1. The van der Waals surface area contributed by atoms with Gasteiger partial charge in [0.15, 0.2) is 0 Å². The number of amides is 1. The lowest BCUT2D eigenvalue weighted by atomic mass is 9.97. The van der Waals surface area contributed by atoms with E-state index in [-0.39, 0.29) is 11.9 Å². The Morgan fingerprint density at radius 2 is 1.69 bits per heavy atom. The molecule has 1 saturated carbocycles. The third-order valence-electron chi connectivity index (χ3n) is 5.98. The molecular weight excluding hydrogens is 322 g/mol. The van der Waals surface area contributed by atoms with Crippen LogP contribution < -0.4 is 5.32 Å². The maximum atomic E-state index is 13.0. The normalized spacial score (nSPS) is 21.2. The monoisotopic (exact) mass is 357 g/mol. The molecule has 1 aromatic carbocycles. The fourth-order valence-electron chi connectivity index (χ4n) is 4.33. The van der Waals surface area contributed by atoms with Crippen LogP contribution in [0.3, 0.4) is 0 Å². The maximum Gasteiger partial charge on any atom is 0.241 e. The van der Waals surface area contributed by atoms with Gasteiger partial charge in [-0.25, -0.2) is 0 Å². The number of benzene rings is 1. The van der Waals surface area contributed by atoms with E-state index in [0.29, 0.717) is 5.92 Å². The number of hydrogen-bond donors (Lipinski definition) is 1. The van der Waals surface area contributed by atoms with E-state index in [9.17, 15) is 4.79 Å². The minimum Gasteiger partial charge on any atom is -0.325 e. The molecular formula is C22H35N3O. The SMILES string of the molecule is CC(C)C[C@H](C(=O)Nc1ccc(C2CCCC2)cc1)N1CCN(C)CC1. The largest absolute Gasteiger partial charge is 0.325 e. The molecule has 4 nitrogen and oxygen atoms in total. The highest BCUT2D eigenvalue weighted by atomic mass is 16.2. The Bertz CT molecular complexity index is 570. The van der Waals surface area contributed by atoms with Crippen LogP contribution in [0.1, 0.15) is 57.4 Å². The van der Waals surface area contributed by atoms with Gasteiger partial charge < -0.3 is 10.2 Å². The number of rotatable bonds is 6. The van der Waals surface area contributed by atoms with Crippen LogP contribution in [-0.2, 0) is 4.79 Å². The topological polar surface area (TPSA) is 35.6 Å². The molecule has 0 bridgehead atoms. The zero-order valence-corrected chi connectivity index (χ0v) is 16.7. The molecule has 1 aromatic rings. The van der Waals surface area contributed by atoms with Gasteiger partial charge in [-0.3, -0.25) is 9.69 Å². The number of carbonyl (C=O) groups is 1. The minimum absolute atomic E-state index is 0.0294. The zero-order valence-electron chi connectivity index (χ0n) is 16.7. The molecule has 4 heteroatoms. The average molecular weight is 358 g/mol. The quantitative estimate of drug-likeness (QED) is 0.837. The number of piperazine rings is 1. The highest BCUT2D eigenvalue weighted by Crippen LogP contribution is 2.34. The Hall–Kier alpha value is -1.39. The summed E-state index contributed by atoms with van der Waals surface area (Å²) in [6.07, 6.45) is 6.24. The van der Waals surface area contributed by atoms with Crippen LogP contribution in [0.15, 0.2) is 24.3 Å². The van der Waals surface area contributed by atoms with Gasteiger partial charge in [0.1, 0.15) is 0 Å². The van der Waals surface area contributed by atoms with E-state index in [2.05, 4.69) is 60.3 Å². The Morgan fingerprint density at radius 3 is 2.27 bits per heavy atom. The molecule has 26 heavy (non-hydrogen) atoms. The van der Waals surface area contributed by atoms with Gasteiger partial charge in [-0.05, 0) is 55.8 Å². The van der Waals surface area contributed by atoms with Crippen molar-refractivity contribution in [3.63, 3.8) is 0 Å². The standard InChI is InChI=1S/C22H35N3O/c1-17(2)16-21(25-14-12-24(3)13-15-25)22(26)23-20-10-8-19(9-11-20)18-6-4-5-7-18/h8-11,17-18,21H,4-7,12-16H2,1-3H3,(H,23,26)/t21-/m1/s1. The van der Waals surface area contributed by atoms with Crippen molar-refractivity contribution >= 4 is 11.6 Å². The van der Waals surface area contributed by atoms with Gasteiger partial charge in [-0.1, -0.05) is 38.8 Å². The van der Waals surface area contributed by atoms with Gasteiger partial charge >= 0.3 is 0 Å². The fraction of sp³-hybridized carbons (Fsp3) is 0.682. The van der Waals surface area contributed by atoms with E-state index >= 15 is 0 Å². The molecule has 1 atom stereocenters. The van der Waals surface area contributed by atoms with E-state index in [1.165, 1.54) is 31.2 Å². The van der Waals surface area contributed by atoms with Crippen molar-refractivity contribution in [3.8, 4) is 0 Å². The van der Waals surface area contributed by atoms with Crippen LogP contribution in [0.4, 0.5) is 5.69 Å². The first-order chi connectivity index (χ1) is 12.5. The van der Waals surface area contributed by atoms with E-state index in [1.54, 1.807) is 0 Å². The molecule has 0 radical (unpaired) electrons. The number of anilines is 1. The summed E-state index contributed by atoms with van der Waals surface area (Å²) in [4.78, 5) is 17.7. The molecule has 2 fully saturated rings. The van der Waals surface area contributed by atoms with Gasteiger partial charge in [0.25, 0.3) is 0 Å². The fourth-order valence-corrected chi connectivity index (χ4v) is 4.33. The van der Waals surface area contributed by atoms with Crippen LogP contribution in [0.5, 0.6) is 0 Å².